The van der Waals surface area contributed by atoms with Crippen LogP contribution >= 0.6 is 11.8 Å². The van der Waals surface area contributed by atoms with Crippen LogP contribution in [-0.2, 0) is 4.79 Å². The van der Waals surface area contributed by atoms with Gasteiger partial charge >= 0.3 is 5.97 Å². The number of thioether (sulfide) groups is 1. The third-order valence-electron chi connectivity index (χ3n) is 2.35. The highest BCUT2D eigenvalue weighted by Gasteiger charge is 2.10. The molecule has 0 radical (unpaired) electrons. The molecule has 1 heterocycles. The molecule has 0 aliphatic carbocycles. The topological polar surface area (TPSA) is 37.3 Å². The van der Waals surface area contributed by atoms with Crippen LogP contribution in [0.4, 0.5) is 0 Å². The number of hydrogen-bond acceptors (Lipinski definition) is 2. The first kappa shape index (κ1) is 10.3. The van der Waals surface area contributed by atoms with E-state index in [0.717, 1.165) is 5.75 Å². The molecule has 1 aliphatic heterocycles. The van der Waals surface area contributed by atoms with Crippen molar-refractivity contribution in [3.05, 3.63) is 35.4 Å². The maximum absolute atomic E-state index is 10.5. The third-order valence-corrected chi connectivity index (χ3v) is 3.55. The Morgan fingerprint density at radius 3 is 3.00 bits per heavy atom. The Bertz CT molecular complexity index is 410. The van der Waals surface area contributed by atoms with E-state index in [2.05, 4.69) is 18.2 Å². The summed E-state index contributed by atoms with van der Waals surface area (Å²) < 4.78 is 0. The Morgan fingerprint density at radius 2 is 2.20 bits per heavy atom. The lowest BCUT2D eigenvalue weighted by atomic mass is 10.1. The predicted octanol–water partition coefficient (Wildman–Crippen LogP) is 3.04. The van der Waals surface area contributed by atoms with E-state index in [1.54, 1.807) is 11.8 Å². The van der Waals surface area contributed by atoms with Crippen LogP contribution in [0.2, 0.25) is 0 Å². The molecule has 2 rings (SSSR count). The molecule has 0 aromatic heterocycles. The van der Waals surface area contributed by atoms with Gasteiger partial charge in [0.25, 0.3) is 0 Å². The van der Waals surface area contributed by atoms with Gasteiger partial charge in [-0.25, -0.2) is 0 Å². The molecule has 0 amide bonds. The minimum absolute atomic E-state index is 0.231. The number of carboxylic acid groups (broad SMARTS) is 1. The fourth-order valence-electron chi connectivity index (χ4n) is 1.58. The molecule has 0 bridgehead atoms. The van der Waals surface area contributed by atoms with Crippen LogP contribution in [-0.4, -0.2) is 16.8 Å². The third kappa shape index (κ3) is 2.63. The second kappa shape index (κ2) is 4.53. The molecule has 1 aromatic rings. The van der Waals surface area contributed by atoms with Crippen molar-refractivity contribution in [2.75, 3.05) is 5.75 Å². The molecule has 0 saturated carbocycles. The Hall–Kier alpha value is -1.22. The van der Waals surface area contributed by atoms with E-state index in [1.165, 1.54) is 16.0 Å². The van der Waals surface area contributed by atoms with Crippen molar-refractivity contribution < 1.29 is 9.90 Å². The maximum Gasteiger partial charge on any atom is 0.303 e. The average molecular weight is 220 g/mol. The van der Waals surface area contributed by atoms with E-state index in [0.29, 0.717) is 6.42 Å². The highest BCUT2D eigenvalue weighted by molar-refractivity contribution is 7.99. The van der Waals surface area contributed by atoms with E-state index >= 15 is 0 Å². The van der Waals surface area contributed by atoms with Gasteiger partial charge < -0.3 is 5.11 Å². The van der Waals surface area contributed by atoms with Gasteiger partial charge in [0.05, 0.1) is 0 Å². The summed E-state index contributed by atoms with van der Waals surface area (Å²) in [7, 11) is 0. The number of aliphatic carboxylic acids is 1. The Balaban J connectivity index is 2.11. The molecule has 2 nitrogen and oxygen atoms in total. The van der Waals surface area contributed by atoms with Crippen LogP contribution in [0.25, 0.3) is 6.08 Å². The van der Waals surface area contributed by atoms with E-state index in [-0.39, 0.29) is 6.42 Å². The van der Waals surface area contributed by atoms with Crippen LogP contribution in [0.5, 0.6) is 0 Å². The quantitative estimate of drug-likeness (QED) is 0.850. The first-order valence-electron chi connectivity index (χ1n) is 4.89. The van der Waals surface area contributed by atoms with Crippen LogP contribution in [0.15, 0.2) is 34.7 Å². The summed E-state index contributed by atoms with van der Waals surface area (Å²) in [5.74, 6) is 0.198. The zero-order valence-electron chi connectivity index (χ0n) is 8.27. The summed E-state index contributed by atoms with van der Waals surface area (Å²) in [6, 6.07) is 8.21. The molecule has 0 saturated heterocycles. The van der Waals surface area contributed by atoms with Gasteiger partial charge in [0.2, 0.25) is 0 Å². The van der Waals surface area contributed by atoms with Gasteiger partial charge in [-0.1, -0.05) is 29.8 Å². The molecule has 0 fully saturated rings. The number of fused-ring (bicyclic) bond motifs is 1. The molecule has 78 valence electrons. The van der Waals surface area contributed by atoms with Crippen molar-refractivity contribution in [2.24, 2.45) is 0 Å². The maximum atomic E-state index is 10.5. The van der Waals surface area contributed by atoms with Gasteiger partial charge in [-0.2, -0.15) is 0 Å². The summed E-state index contributed by atoms with van der Waals surface area (Å²) in [4.78, 5) is 11.7. The smallest absolute Gasteiger partial charge is 0.303 e. The molecular formula is C12H12O2S. The lowest BCUT2D eigenvalue weighted by Gasteiger charge is -2.15. The second-order valence-corrected chi connectivity index (χ2v) is 4.54. The van der Waals surface area contributed by atoms with Crippen molar-refractivity contribution in [1.29, 1.82) is 0 Å². The summed E-state index contributed by atoms with van der Waals surface area (Å²) in [6.07, 6.45) is 3.01. The minimum atomic E-state index is -0.722. The standard InChI is InChI=1S/C12H12O2S/c13-12(14)6-5-9-7-10-3-1-2-4-11(10)15-8-9/h1-4,7H,5-6,8H2,(H,13,14). The fourth-order valence-corrected chi connectivity index (χ4v) is 2.61. The molecule has 0 spiro atoms. The normalized spacial score (nSPS) is 14.3. The number of carboxylic acids is 1. The van der Waals surface area contributed by atoms with Crippen LogP contribution in [0.1, 0.15) is 18.4 Å². The molecule has 0 atom stereocenters. The number of carbonyl (C=O) groups is 1. The van der Waals surface area contributed by atoms with E-state index in [4.69, 9.17) is 5.11 Å². The van der Waals surface area contributed by atoms with Gasteiger partial charge in [-0.3, -0.25) is 4.79 Å². The Morgan fingerprint density at radius 1 is 1.40 bits per heavy atom. The largest absolute Gasteiger partial charge is 0.481 e. The lowest BCUT2D eigenvalue weighted by molar-refractivity contribution is -0.136. The molecule has 1 aliphatic rings. The highest BCUT2D eigenvalue weighted by Crippen LogP contribution is 2.32. The zero-order chi connectivity index (χ0) is 10.7. The number of rotatable bonds is 3. The Labute approximate surface area is 93.0 Å². The highest BCUT2D eigenvalue weighted by atomic mass is 32.2. The van der Waals surface area contributed by atoms with Gasteiger partial charge in [0.15, 0.2) is 0 Å². The first-order chi connectivity index (χ1) is 7.25. The summed E-state index contributed by atoms with van der Waals surface area (Å²) in [5, 5.41) is 8.61. The van der Waals surface area contributed by atoms with Crippen LogP contribution < -0.4 is 0 Å². The van der Waals surface area contributed by atoms with E-state index in [1.807, 2.05) is 12.1 Å². The second-order valence-electron chi connectivity index (χ2n) is 3.52. The number of hydrogen-bond donors (Lipinski definition) is 1. The first-order valence-corrected chi connectivity index (χ1v) is 5.87. The van der Waals surface area contributed by atoms with Gasteiger partial charge in [0.1, 0.15) is 0 Å². The van der Waals surface area contributed by atoms with Crippen molar-refractivity contribution in [3.8, 4) is 0 Å². The summed E-state index contributed by atoms with van der Waals surface area (Å²) in [6.45, 7) is 0. The summed E-state index contributed by atoms with van der Waals surface area (Å²) in [5.41, 5.74) is 2.44. The van der Waals surface area contributed by atoms with Crippen molar-refractivity contribution >= 4 is 23.8 Å². The van der Waals surface area contributed by atoms with E-state index < -0.39 is 5.97 Å². The monoisotopic (exact) mass is 220 g/mol. The Kier molecular flexibility index (Phi) is 3.11. The molecule has 1 aromatic carbocycles. The molecular weight excluding hydrogens is 208 g/mol. The van der Waals surface area contributed by atoms with E-state index in [9.17, 15) is 4.79 Å². The molecule has 0 unspecified atom stereocenters. The SMILES string of the molecule is O=C(O)CCC1=Cc2ccccc2SC1. The van der Waals surface area contributed by atoms with Crippen LogP contribution in [0, 0.1) is 0 Å². The predicted molar refractivity (Wildman–Crippen MR) is 62.0 cm³/mol. The zero-order valence-corrected chi connectivity index (χ0v) is 9.09. The van der Waals surface area contributed by atoms with Gasteiger partial charge in [-0.15, -0.1) is 11.8 Å². The van der Waals surface area contributed by atoms with Crippen molar-refractivity contribution in [2.45, 2.75) is 17.7 Å². The van der Waals surface area contributed by atoms with Crippen LogP contribution in [0.3, 0.4) is 0 Å². The lowest BCUT2D eigenvalue weighted by Crippen LogP contribution is -2.00. The fraction of sp³-hybridized carbons (Fsp3) is 0.250. The number of benzene rings is 1. The average Bonchev–Trinajstić information content (AvgIpc) is 2.26. The van der Waals surface area contributed by atoms with Gasteiger partial charge in [-0.05, 0) is 18.1 Å². The molecule has 3 heteroatoms. The minimum Gasteiger partial charge on any atom is -0.481 e. The van der Waals surface area contributed by atoms with Crippen molar-refractivity contribution in [1.82, 2.24) is 0 Å². The molecule has 1 N–H and O–H groups in total. The van der Waals surface area contributed by atoms with Crippen molar-refractivity contribution in [3.63, 3.8) is 0 Å². The van der Waals surface area contributed by atoms with Gasteiger partial charge in [0, 0.05) is 17.1 Å². The molecule has 15 heavy (non-hydrogen) atoms. The summed E-state index contributed by atoms with van der Waals surface area (Å²) >= 11 is 1.79.